The molecule has 1 aromatic carbocycles. The summed E-state index contributed by atoms with van der Waals surface area (Å²) in [5.74, 6) is -1.69. The van der Waals surface area contributed by atoms with Gasteiger partial charge in [0, 0.05) is 5.56 Å². The molecule has 0 bridgehead atoms. The van der Waals surface area contributed by atoms with E-state index in [4.69, 9.17) is 0 Å². The van der Waals surface area contributed by atoms with Crippen molar-refractivity contribution in [3.8, 4) is 0 Å². The number of benzene rings is 1. The van der Waals surface area contributed by atoms with Gasteiger partial charge in [-0.05, 0) is 6.07 Å². The Morgan fingerprint density at radius 1 is 1.12 bits per heavy atom. The standard InChI is InChI=1S/C7H6O5S.2Na.H2O/c8-7(9)5-3-1-2-4-6(5)13(10,11)12;;;/h1-4H,(H,8,9)(H,10,11,12);;;1H2/q;2*+1;/p-2. The van der Waals surface area contributed by atoms with E-state index in [2.05, 4.69) is 0 Å². The zero-order valence-corrected chi connectivity index (χ0v) is 13.6. The zero-order valence-electron chi connectivity index (χ0n) is 8.76. The molecule has 0 fully saturated rings. The fourth-order valence-electron chi connectivity index (χ4n) is 0.853. The Morgan fingerprint density at radius 2 is 1.56 bits per heavy atom. The summed E-state index contributed by atoms with van der Waals surface area (Å²) in [7, 11) is -4.75. The molecule has 1 rings (SSSR count). The van der Waals surface area contributed by atoms with Crippen LogP contribution in [0.1, 0.15) is 10.4 Å². The molecular formula is C7H6Na2O6S. The second-order valence-corrected chi connectivity index (χ2v) is 3.59. The summed E-state index contributed by atoms with van der Waals surface area (Å²) in [5.41, 5.74) is -0.613. The van der Waals surface area contributed by atoms with Gasteiger partial charge in [0.25, 0.3) is 0 Å². The first kappa shape index (κ1) is 21.8. The molecule has 0 aliphatic carbocycles. The minimum atomic E-state index is -4.75. The largest absolute Gasteiger partial charge is 1.00 e. The molecule has 0 unspecified atom stereocenters. The Kier molecular flexibility index (Phi) is 11.7. The molecule has 16 heavy (non-hydrogen) atoms. The van der Waals surface area contributed by atoms with Gasteiger partial charge in [-0.1, -0.05) is 18.2 Å². The fraction of sp³-hybridized carbons (Fsp3) is 0. The summed E-state index contributed by atoms with van der Waals surface area (Å²) in [5, 5.41) is 10.4. The van der Waals surface area contributed by atoms with Crippen LogP contribution in [0.4, 0.5) is 0 Å². The molecule has 6 nitrogen and oxygen atoms in total. The third kappa shape index (κ3) is 5.76. The van der Waals surface area contributed by atoms with Crippen molar-refractivity contribution >= 4 is 16.1 Å². The Labute approximate surface area is 137 Å². The predicted octanol–water partition coefficient (Wildman–Crippen LogP) is -7.86. The SMILES string of the molecule is O.O=C([O-])c1ccccc1S(=O)(=O)[O-].[Na+].[Na+]. The summed E-state index contributed by atoms with van der Waals surface area (Å²) in [6.45, 7) is 0. The predicted molar refractivity (Wildman–Crippen MR) is 42.3 cm³/mol. The van der Waals surface area contributed by atoms with Gasteiger partial charge in [-0.25, -0.2) is 8.42 Å². The number of carboxylic acid groups (broad SMARTS) is 1. The Morgan fingerprint density at radius 3 is 1.88 bits per heavy atom. The van der Waals surface area contributed by atoms with E-state index >= 15 is 0 Å². The fourth-order valence-corrected chi connectivity index (χ4v) is 1.52. The topological polar surface area (TPSA) is 129 Å². The number of aromatic carboxylic acids is 1. The van der Waals surface area contributed by atoms with Crippen LogP contribution in [0.25, 0.3) is 0 Å². The molecule has 0 radical (unpaired) electrons. The average molecular weight is 264 g/mol. The maximum absolute atomic E-state index is 10.5. The molecule has 0 saturated heterocycles. The van der Waals surface area contributed by atoms with E-state index in [1.165, 1.54) is 12.1 Å². The van der Waals surface area contributed by atoms with E-state index in [0.717, 1.165) is 12.1 Å². The quantitative estimate of drug-likeness (QED) is 0.387. The summed E-state index contributed by atoms with van der Waals surface area (Å²) < 4.78 is 31.5. The number of carbonyl (C=O) groups excluding carboxylic acids is 1. The molecule has 0 spiro atoms. The van der Waals surface area contributed by atoms with Crippen molar-refractivity contribution in [3.05, 3.63) is 29.8 Å². The van der Waals surface area contributed by atoms with Crippen molar-refractivity contribution in [2.24, 2.45) is 0 Å². The minimum absolute atomic E-state index is 0. The van der Waals surface area contributed by atoms with Crippen LogP contribution in [0.3, 0.4) is 0 Å². The van der Waals surface area contributed by atoms with E-state index in [1.807, 2.05) is 0 Å². The van der Waals surface area contributed by atoms with Gasteiger partial charge in [-0.2, -0.15) is 0 Å². The monoisotopic (exact) mass is 264 g/mol. The molecule has 9 heteroatoms. The van der Waals surface area contributed by atoms with E-state index in [-0.39, 0.29) is 64.6 Å². The summed E-state index contributed by atoms with van der Waals surface area (Å²) in [6.07, 6.45) is 0. The third-order valence-electron chi connectivity index (χ3n) is 1.38. The van der Waals surface area contributed by atoms with Gasteiger partial charge in [0.2, 0.25) is 0 Å². The van der Waals surface area contributed by atoms with Crippen molar-refractivity contribution in [2.45, 2.75) is 4.90 Å². The molecule has 0 atom stereocenters. The minimum Gasteiger partial charge on any atom is -0.744 e. The number of carbonyl (C=O) groups is 1. The Hall–Kier alpha value is 0.560. The maximum Gasteiger partial charge on any atom is 1.00 e. The van der Waals surface area contributed by atoms with Crippen molar-refractivity contribution in [3.63, 3.8) is 0 Å². The summed E-state index contributed by atoms with van der Waals surface area (Å²) in [6, 6.07) is 4.49. The molecule has 0 saturated carbocycles. The van der Waals surface area contributed by atoms with Gasteiger partial charge in [0.1, 0.15) is 10.1 Å². The van der Waals surface area contributed by atoms with Gasteiger partial charge < -0.3 is 19.9 Å². The van der Waals surface area contributed by atoms with Crippen LogP contribution in [0.5, 0.6) is 0 Å². The average Bonchev–Trinajstić information content (AvgIpc) is 2.03. The van der Waals surface area contributed by atoms with Crippen LogP contribution < -0.4 is 64.2 Å². The van der Waals surface area contributed by atoms with Crippen molar-refractivity contribution in [1.82, 2.24) is 0 Å². The molecule has 78 valence electrons. The van der Waals surface area contributed by atoms with E-state index in [9.17, 15) is 22.9 Å². The number of hydrogen-bond donors (Lipinski definition) is 0. The van der Waals surface area contributed by atoms with Crippen LogP contribution in [0, 0.1) is 0 Å². The molecule has 0 aliphatic rings. The van der Waals surface area contributed by atoms with Crippen LogP contribution >= 0.6 is 0 Å². The number of carboxylic acids is 1. The summed E-state index contributed by atoms with van der Waals surface area (Å²) in [4.78, 5) is 9.59. The molecule has 0 aliphatic heterocycles. The second-order valence-electron chi connectivity index (χ2n) is 2.24. The van der Waals surface area contributed by atoms with Crippen LogP contribution in [-0.2, 0) is 10.1 Å². The van der Waals surface area contributed by atoms with Gasteiger partial charge >= 0.3 is 59.1 Å². The first-order valence-electron chi connectivity index (χ1n) is 3.19. The first-order chi connectivity index (χ1) is 5.93. The molecule has 1 aromatic rings. The van der Waals surface area contributed by atoms with E-state index in [0.29, 0.717) is 0 Å². The molecule has 0 aromatic heterocycles. The maximum atomic E-state index is 10.5. The third-order valence-corrected chi connectivity index (χ3v) is 2.27. The summed E-state index contributed by atoms with van der Waals surface area (Å²) >= 11 is 0. The van der Waals surface area contributed by atoms with Crippen molar-refractivity contribution in [2.75, 3.05) is 0 Å². The molecule has 0 heterocycles. The smallest absolute Gasteiger partial charge is 0.744 e. The van der Waals surface area contributed by atoms with Crippen LogP contribution in [0.15, 0.2) is 29.2 Å². The van der Waals surface area contributed by atoms with Gasteiger partial charge in [-0.3, -0.25) is 0 Å². The van der Waals surface area contributed by atoms with E-state index in [1.54, 1.807) is 0 Å². The molecule has 2 N–H and O–H groups in total. The van der Waals surface area contributed by atoms with Crippen LogP contribution in [-0.4, -0.2) is 24.4 Å². The van der Waals surface area contributed by atoms with Crippen molar-refractivity contribution < 1.29 is 87.5 Å². The normalized spacial score (nSPS) is 9.06. The van der Waals surface area contributed by atoms with E-state index < -0.39 is 26.5 Å². The Bertz CT molecular complexity index is 444. The molecular weight excluding hydrogens is 258 g/mol. The second kappa shape index (κ2) is 8.62. The first-order valence-corrected chi connectivity index (χ1v) is 4.60. The number of hydrogen-bond acceptors (Lipinski definition) is 5. The molecule has 0 amide bonds. The van der Waals surface area contributed by atoms with Gasteiger partial charge in [-0.15, -0.1) is 0 Å². The Balaban J connectivity index is -0.000000563. The van der Waals surface area contributed by atoms with Gasteiger partial charge in [0.05, 0.1) is 10.9 Å². The number of rotatable bonds is 2. The van der Waals surface area contributed by atoms with Crippen LogP contribution in [0.2, 0.25) is 0 Å². The van der Waals surface area contributed by atoms with Crippen molar-refractivity contribution in [1.29, 1.82) is 0 Å². The van der Waals surface area contributed by atoms with Gasteiger partial charge in [0.15, 0.2) is 0 Å². The zero-order chi connectivity index (χ0) is 10.1.